The molecular formula is C27H33IN2O4. The van der Waals surface area contributed by atoms with Crippen molar-refractivity contribution < 1.29 is 19.4 Å². The smallest absolute Gasteiger partial charge is 0.295 e. The lowest BCUT2D eigenvalue weighted by Crippen LogP contribution is -2.33. The minimum atomic E-state index is -0.649. The van der Waals surface area contributed by atoms with Crippen molar-refractivity contribution in [3.63, 3.8) is 0 Å². The first-order valence-corrected chi connectivity index (χ1v) is 13.0. The minimum absolute atomic E-state index is 0.127. The summed E-state index contributed by atoms with van der Waals surface area (Å²) in [5.74, 6) is -0.771. The summed E-state index contributed by atoms with van der Waals surface area (Å²) in [5.41, 5.74) is 1.40. The van der Waals surface area contributed by atoms with Gasteiger partial charge in [-0.3, -0.25) is 9.59 Å². The molecule has 1 heterocycles. The maximum Gasteiger partial charge on any atom is 0.295 e. The van der Waals surface area contributed by atoms with Crippen LogP contribution in [0.3, 0.4) is 0 Å². The summed E-state index contributed by atoms with van der Waals surface area (Å²) < 4.78 is 6.75. The summed E-state index contributed by atoms with van der Waals surface area (Å²) in [6, 6.07) is 14.1. The number of carbonyl (C=O) groups excluding carboxylic acids is 2. The summed E-state index contributed by atoms with van der Waals surface area (Å²) in [5, 5.41) is 11.3. The van der Waals surface area contributed by atoms with Gasteiger partial charge in [-0.1, -0.05) is 45.0 Å². The Kier molecular flexibility index (Phi) is 9.53. The summed E-state index contributed by atoms with van der Waals surface area (Å²) in [7, 11) is 0. The number of carbonyl (C=O) groups is 2. The van der Waals surface area contributed by atoms with Crippen LogP contribution in [0.1, 0.15) is 50.8 Å². The van der Waals surface area contributed by atoms with E-state index in [2.05, 4.69) is 41.3 Å². The van der Waals surface area contributed by atoms with Gasteiger partial charge in [-0.25, -0.2) is 0 Å². The van der Waals surface area contributed by atoms with E-state index in [0.29, 0.717) is 24.5 Å². The van der Waals surface area contributed by atoms with Gasteiger partial charge in [-0.15, -0.1) is 0 Å². The second-order valence-corrected chi connectivity index (χ2v) is 9.55. The molecule has 1 unspecified atom stereocenters. The number of hydrogen-bond acceptors (Lipinski definition) is 5. The number of rotatable bonds is 11. The number of aliphatic hydroxyl groups excluding tert-OH is 1. The standard InChI is InChI=1S/C27H33IN2O4/c1-4-17-34-22-10-7-9-20(18-22)25(31)23-24(19-11-13-21(28)14-12-19)30(27(33)26(23)32)16-8-15-29(5-2)6-3/h7,9-14,18,24,31H,4-6,8,15-17H2,1-3H3/b25-23+. The van der Waals surface area contributed by atoms with Crippen molar-refractivity contribution in [2.75, 3.05) is 32.8 Å². The zero-order valence-electron chi connectivity index (χ0n) is 20.1. The monoisotopic (exact) mass is 576 g/mol. The molecule has 2 aromatic carbocycles. The Morgan fingerprint density at radius 2 is 1.79 bits per heavy atom. The Bertz CT molecular complexity index is 1030. The van der Waals surface area contributed by atoms with Crippen LogP contribution in [0.4, 0.5) is 0 Å². The number of aliphatic hydroxyl groups is 1. The molecule has 2 aromatic rings. The quantitative estimate of drug-likeness (QED) is 0.172. The number of hydrogen-bond donors (Lipinski definition) is 1. The Morgan fingerprint density at radius 1 is 1.09 bits per heavy atom. The normalized spacial score (nSPS) is 17.6. The molecule has 0 aliphatic carbocycles. The van der Waals surface area contributed by atoms with Crippen LogP contribution >= 0.6 is 22.6 Å². The Labute approximate surface area is 215 Å². The van der Waals surface area contributed by atoms with Crippen LogP contribution in [-0.2, 0) is 9.59 Å². The van der Waals surface area contributed by atoms with Crippen LogP contribution in [0.15, 0.2) is 54.1 Å². The minimum Gasteiger partial charge on any atom is -0.507 e. The number of benzene rings is 2. The lowest BCUT2D eigenvalue weighted by Gasteiger charge is -2.27. The molecule has 0 bridgehead atoms. The molecule has 0 aromatic heterocycles. The molecule has 1 fully saturated rings. The third kappa shape index (κ3) is 5.99. The van der Waals surface area contributed by atoms with Gasteiger partial charge in [0.15, 0.2) is 0 Å². The molecule has 0 radical (unpaired) electrons. The highest BCUT2D eigenvalue weighted by Crippen LogP contribution is 2.40. The highest BCUT2D eigenvalue weighted by atomic mass is 127. The van der Waals surface area contributed by atoms with Gasteiger partial charge in [0.1, 0.15) is 11.5 Å². The largest absolute Gasteiger partial charge is 0.507 e. The fraction of sp³-hybridized carbons (Fsp3) is 0.407. The van der Waals surface area contributed by atoms with E-state index in [1.165, 1.54) is 0 Å². The van der Waals surface area contributed by atoms with E-state index in [1.807, 2.05) is 37.3 Å². The van der Waals surface area contributed by atoms with Crippen LogP contribution < -0.4 is 4.74 Å². The zero-order chi connectivity index (χ0) is 24.7. The zero-order valence-corrected chi connectivity index (χ0v) is 22.2. The van der Waals surface area contributed by atoms with E-state index < -0.39 is 17.7 Å². The van der Waals surface area contributed by atoms with Crippen LogP contribution in [0.2, 0.25) is 0 Å². The van der Waals surface area contributed by atoms with E-state index in [1.54, 1.807) is 23.1 Å². The predicted molar refractivity (Wildman–Crippen MR) is 143 cm³/mol. The molecule has 7 heteroatoms. The Morgan fingerprint density at radius 3 is 2.44 bits per heavy atom. The Balaban J connectivity index is 2.01. The van der Waals surface area contributed by atoms with E-state index in [0.717, 1.165) is 41.6 Å². The van der Waals surface area contributed by atoms with Gasteiger partial charge in [0.25, 0.3) is 11.7 Å². The van der Waals surface area contributed by atoms with Gasteiger partial charge >= 0.3 is 0 Å². The first-order chi connectivity index (χ1) is 16.4. The van der Waals surface area contributed by atoms with Gasteiger partial charge in [0, 0.05) is 15.7 Å². The van der Waals surface area contributed by atoms with Crippen molar-refractivity contribution in [2.45, 2.75) is 39.7 Å². The van der Waals surface area contributed by atoms with Gasteiger partial charge in [-0.05, 0) is 84.9 Å². The Hall–Kier alpha value is -2.39. The number of ketones is 1. The average Bonchev–Trinajstić information content (AvgIpc) is 3.10. The molecule has 1 N–H and O–H groups in total. The first kappa shape index (κ1) is 26.2. The third-order valence-corrected chi connectivity index (χ3v) is 6.79. The summed E-state index contributed by atoms with van der Waals surface area (Å²) in [6.45, 7) is 9.95. The van der Waals surface area contributed by atoms with Gasteiger partial charge in [0.2, 0.25) is 0 Å². The van der Waals surface area contributed by atoms with E-state index >= 15 is 0 Å². The number of amides is 1. The number of ether oxygens (including phenoxy) is 1. The topological polar surface area (TPSA) is 70.1 Å². The molecule has 1 saturated heterocycles. The molecule has 182 valence electrons. The molecular weight excluding hydrogens is 543 g/mol. The summed E-state index contributed by atoms with van der Waals surface area (Å²) in [6.07, 6.45) is 1.61. The summed E-state index contributed by atoms with van der Waals surface area (Å²) >= 11 is 2.23. The van der Waals surface area contributed by atoms with Crippen molar-refractivity contribution in [1.29, 1.82) is 0 Å². The van der Waals surface area contributed by atoms with Crippen LogP contribution in [0, 0.1) is 3.57 Å². The van der Waals surface area contributed by atoms with E-state index in [-0.39, 0.29) is 11.3 Å². The maximum absolute atomic E-state index is 13.2. The first-order valence-electron chi connectivity index (χ1n) is 11.9. The SMILES string of the molecule is CCCOc1cccc(/C(O)=C2\C(=O)C(=O)N(CCCN(CC)CC)C2c2ccc(I)cc2)c1. The molecule has 1 aliphatic rings. The highest BCUT2D eigenvalue weighted by molar-refractivity contribution is 14.1. The number of nitrogens with zero attached hydrogens (tertiary/aromatic N) is 2. The lowest BCUT2D eigenvalue weighted by molar-refractivity contribution is -0.140. The van der Waals surface area contributed by atoms with Crippen LogP contribution in [0.25, 0.3) is 5.76 Å². The van der Waals surface area contributed by atoms with Crippen LogP contribution in [0.5, 0.6) is 5.75 Å². The molecule has 1 atom stereocenters. The van der Waals surface area contributed by atoms with Gasteiger partial charge in [-0.2, -0.15) is 0 Å². The fourth-order valence-electron chi connectivity index (χ4n) is 4.22. The molecule has 1 aliphatic heterocycles. The lowest BCUT2D eigenvalue weighted by atomic mass is 9.95. The number of halogens is 1. The van der Waals surface area contributed by atoms with Crippen molar-refractivity contribution in [2.24, 2.45) is 0 Å². The number of likely N-dealkylation sites (tertiary alicyclic amines) is 1. The maximum atomic E-state index is 13.2. The molecule has 3 rings (SSSR count). The predicted octanol–water partition coefficient (Wildman–Crippen LogP) is 5.23. The molecule has 0 saturated carbocycles. The number of Topliss-reactive ketones (excluding diaryl/α,β-unsaturated/α-hetero) is 1. The average molecular weight is 576 g/mol. The van der Waals surface area contributed by atoms with E-state index in [9.17, 15) is 14.7 Å². The van der Waals surface area contributed by atoms with Crippen molar-refractivity contribution in [3.05, 3.63) is 68.8 Å². The molecule has 1 amide bonds. The third-order valence-electron chi connectivity index (χ3n) is 6.07. The second kappa shape index (κ2) is 12.4. The summed E-state index contributed by atoms with van der Waals surface area (Å²) in [4.78, 5) is 30.2. The molecule has 34 heavy (non-hydrogen) atoms. The molecule has 6 nitrogen and oxygen atoms in total. The van der Waals surface area contributed by atoms with E-state index in [4.69, 9.17) is 4.74 Å². The van der Waals surface area contributed by atoms with Gasteiger partial charge < -0.3 is 19.6 Å². The second-order valence-electron chi connectivity index (χ2n) is 8.30. The van der Waals surface area contributed by atoms with Crippen molar-refractivity contribution in [1.82, 2.24) is 9.80 Å². The fourth-order valence-corrected chi connectivity index (χ4v) is 4.57. The molecule has 0 spiro atoms. The van der Waals surface area contributed by atoms with Gasteiger partial charge in [0.05, 0.1) is 18.2 Å². The van der Waals surface area contributed by atoms with Crippen molar-refractivity contribution >= 4 is 40.0 Å². The van der Waals surface area contributed by atoms with Crippen molar-refractivity contribution in [3.8, 4) is 5.75 Å². The highest BCUT2D eigenvalue weighted by Gasteiger charge is 2.45. The van der Waals surface area contributed by atoms with Crippen LogP contribution in [-0.4, -0.2) is 59.4 Å².